The molecule has 7 heteroatoms. The monoisotopic (exact) mass is 371 g/mol. The van der Waals surface area contributed by atoms with E-state index in [1.165, 1.54) is 12.2 Å². The zero-order valence-corrected chi connectivity index (χ0v) is 14.9. The predicted molar refractivity (Wildman–Crippen MR) is 91.6 cm³/mol. The SMILES string of the molecule is COCON1C(=O)C(c2ccc(Cl)cc2Cl)=C(O)C12CCCCC2. The van der Waals surface area contributed by atoms with Crippen LogP contribution in [0.3, 0.4) is 0 Å². The molecule has 1 amide bonds. The Hall–Kier alpha value is -1.27. The number of carbonyl (C=O) groups excluding carboxylic acids is 1. The van der Waals surface area contributed by atoms with Crippen LogP contribution < -0.4 is 0 Å². The summed E-state index contributed by atoms with van der Waals surface area (Å²) >= 11 is 12.2. The standard InChI is InChI=1S/C17H19Cl2NO4/c1-23-10-24-20-16(22)14(12-6-5-11(18)9-13(12)19)15(21)17(20)7-3-2-4-8-17/h5-6,9,21H,2-4,7-8,10H2,1H3. The van der Waals surface area contributed by atoms with Crippen LogP contribution in [0.5, 0.6) is 0 Å². The van der Waals surface area contributed by atoms with Gasteiger partial charge in [-0.15, -0.1) is 0 Å². The van der Waals surface area contributed by atoms with Crippen molar-refractivity contribution in [3.8, 4) is 0 Å². The van der Waals surface area contributed by atoms with Crippen LogP contribution in [-0.4, -0.2) is 35.5 Å². The van der Waals surface area contributed by atoms with Gasteiger partial charge in [0.15, 0.2) is 6.79 Å². The van der Waals surface area contributed by atoms with Crippen LogP contribution in [0.2, 0.25) is 10.0 Å². The van der Waals surface area contributed by atoms with Crippen LogP contribution in [0.1, 0.15) is 37.7 Å². The number of rotatable bonds is 4. The maximum absolute atomic E-state index is 13.0. The number of aliphatic hydroxyl groups excluding tert-OH is 1. The summed E-state index contributed by atoms with van der Waals surface area (Å²) in [6.07, 6.45) is 4.17. The Kier molecular flexibility index (Phi) is 5.06. The van der Waals surface area contributed by atoms with Crippen molar-refractivity contribution in [2.24, 2.45) is 0 Å². The fourth-order valence-corrected chi connectivity index (χ4v) is 4.03. The highest BCUT2D eigenvalue weighted by Crippen LogP contribution is 2.48. The zero-order chi connectivity index (χ0) is 17.3. The average Bonchev–Trinajstić information content (AvgIpc) is 2.75. The predicted octanol–water partition coefficient (Wildman–Crippen LogP) is 4.34. The number of benzene rings is 1. The van der Waals surface area contributed by atoms with Gasteiger partial charge in [-0.1, -0.05) is 48.5 Å². The van der Waals surface area contributed by atoms with Crippen molar-refractivity contribution >= 4 is 34.7 Å². The first-order chi connectivity index (χ1) is 11.5. The van der Waals surface area contributed by atoms with Gasteiger partial charge in [-0.3, -0.25) is 4.79 Å². The number of halogens is 2. The van der Waals surface area contributed by atoms with Gasteiger partial charge in [0.05, 0.1) is 10.6 Å². The Bertz CT molecular complexity index is 683. The summed E-state index contributed by atoms with van der Waals surface area (Å²) in [5.74, 6) is -0.386. The first-order valence-electron chi connectivity index (χ1n) is 7.87. The number of carbonyl (C=O) groups is 1. The molecule has 24 heavy (non-hydrogen) atoms. The molecule has 1 aromatic rings. The summed E-state index contributed by atoms with van der Waals surface area (Å²) in [6.45, 7) is -0.0671. The fourth-order valence-electron chi connectivity index (χ4n) is 3.53. The first kappa shape index (κ1) is 17.5. The summed E-state index contributed by atoms with van der Waals surface area (Å²) < 4.78 is 4.94. The van der Waals surface area contributed by atoms with E-state index in [1.807, 2.05) is 0 Å². The lowest BCUT2D eigenvalue weighted by Gasteiger charge is -2.39. The third-order valence-corrected chi connectivity index (χ3v) is 5.19. The minimum absolute atomic E-state index is 0.0209. The van der Waals surface area contributed by atoms with Crippen LogP contribution in [0, 0.1) is 0 Å². The molecular weight excluding hydrogens is 353 g/mol. The third-order valence-electron chi connectivity index (χ3n) is 4.65. The summed E-state index contributed by atoms with van der Waals surface area (Å²) in [4.78, 5) is 18.5. The fraction of sp³-hybridized carbons (Fsp3) is 0.471. The van der Waals surface area contributed by atoms with Crippen molar-refractivity contribution in [2.75, 3.05) is 13.9 Å². The van der Waals surface area contributed by atoms with Gasteiger partial charge in [0, 0.05) is 17.7 Å². The lowest BCUT2D eigenvalue weighted by Crippen LogP contribution is -2.49. The number of methoxy groups -OCH3 is 1. The largest absolute Gasteiger partial charge is 0.509 e. The van der Waals surface area contributed by atoms with E-state index in [2.05, 4.69) is 0 Å². The molecule has 0 aromatic heterocycles. The van der Waals surface area contributed by atoms with E-state index in [1.54, 1.807) is 18.2 Å². The molecule has 1 spiro atoms. The average molecular weight is 372 g/mol. The smallest absolute Gasteiger partial charge is 0.282 e. The highest BCUT2D eigenvalue weighted by Gasteiger charge is 2.54. The van der Waals surface area contributed by atoms with Crippen molar-refractivity contribution in [1.82, 2.24) is 5.06 Å². The van der Waals surface area contributed by atoms with Gasteiger partial charge >= 0.3 is 0 Å². The van der Waals surface area contributed by atoms with Gasteiger partial charge in [-0.05, 0) is 25.0 Å². The highest BCUT2D eigenvalue weighted by atomic mass is 35.5. The van der Waals surface area contributed by atoms with Gasteiger partial charge in [-0.2, -0.15) is 0 Å². The van der Waals surface area contributed by atoms with Crippen LogP contribution in [0.25, 0.3) is 5.57 Å². The molecule has 0 saturated heterocycles. The molecular formula is C17H19Cl2NO4. The molecule has 0 bridgehead atoms. The van der Waals surface area contributed by atoms with Crippen molar-refractivity contribution in [2.45, 2.75) is 37.6 Å². The third kappa shape index (κ3) is 2.80. The van der Waals surface area contributed by atoms with E-state index in [9.17, 15) is 9.90 Å². The number of hydroxylamine groups is 2. The lowest BCUT2D eigenvalue weighted by atomic mass is 9.80. The summed E-state index contributed by atoms with van der Waals surface area (Å²) in [7, 11) is 1.48. The maximum Gasteiger partial charge on any atom is 0.282 e. The highest BCUT2D eigenvalue weighted by molar-refractivity contribution is 6.37. The Labute approximate surface area is 150 Å². The second-order valence-corrected chi connectivity index (χ2v) is 6.92. The molecule has 1 aromatic carbocycles. The molecule has 2 aliphatic rings. The van der Waals surface area contributed by atoms with Gasteiger partial charge in [0.1, 0.15) is 11.3 Å². The van der Waals surface area contributed by atoms with E-state index in [0.717, 1.165) is 19.3 Å². The minimum atomic E-state index is -0.841. The minimum Gasteiger partial charge on any atom is -0.509 e. The van der Waals surface area contributed by atoms with Crippen molar-refractivity contribution in [1.29, 1.82) is 0 Å². The van der Waals surface area contributed by atoms with Gasteiger partial charge in [0.25, 0.3) is 5.91 Å². The topological polar surface area (TPSA) is 59.0 Å². The maximum atomic E-state index is 13.0. The van der Waals surface area contributed by atoms with Crippen LogP contribution in [0.4, 0.5) is 0 Å². The van der Waals surface area contributed by atoms with Gasteiger partial charge in [-0.25, -0.2) is 9.90 Å². The lowest BCUT2D eigenvalue weighted by molar-refractivity contribution is -0.248. The number of ether oxygens (including phenoxy) is 1. The number of aliphatic hydroxyl groups is 1. The van der Waals surface area contributed by atoms with Crippen molar-refractivity contribution < 1.29 is 19.5 Å². The van der Waals surface area contributed by atoms with Gasteiger partial charge in [0.2, 0.25) is 0 Å². The summed E-state index contributed by atoms with van der Waals surface area (Å²) in [6, 6.07) is 4.84. The quantitative estimate of drug-likeness (QED) is 0.799. The second kappa shape index (κ2) is 6.92. The molecule has 1 heterocycles. The van der Waals surface area contributed by atoms with Crippen LogP contribution in [0.15, 0.2) is 24.0 Å². The van der Waals surface area contributed by atoms with Crippen LogP contribution >= 0.6 is 23.2 Å². The Morgan fingerprint density at radius 3 is 2.58 bits per heavy atom. The molecule has 3 rings (SSSR count). The first-order valence-corrected chi connectivity index (χ1v) is 8.62. The molecule has 5 nitrogen and oxygen atoms in total. The number of nitrogens with zero attached hydrogens (tertiary/aromatic N) is 1. The van der Waals surface area contributed by atoms with E-state index in [-0.39, 0.29) is 18.1 Å². The number of amides is 1. The van der Waals surface area contributed by atoms with Crippen molar-refractivity contribution in [3.63, 3.8) is 0 Å². The van der Waals surface area contributed by atoms with Gasteiger partial charge < -0.3 is 9.84 Å². The number of hydrogen-bond donors (Lipinski definition) is 1. The molecule has 1 saturated carbocycles. The molecule has 1 fully saturated rings. The van der Waals surface area contributed by atoms with E-state index in [4.69, 9.17) is 32.8 Å². The van der Waals surface area contributed by atoms with E-state index >= 15 is 0 Å². The summed E-state index contributed by atoms with van der Waals surface area (Å²) in [5.41, 5.74) is -0.210. The Morgan fingerprint density at radius 1 is 1.25 bits per heavy atom. The molecule has 1 aliphatic carbocycles. The molecule has 130 valence electrons. The summed E-state index contributed by atoms with van der Waals surface area (Å²) in [5, 5.41) is 13.0. The van der Waals surface area contributed by atoms with E-state index in [0.29, 0.717) is 28.5 Å². The van der Waals surface area contributed by atoms with Crippen molar-refractivity contribution in [3.05, 3.63) is 39.6 Å². The van der Waals surface area contributed by atoms with Crippen LogP contribution in [-0.2, 0) is 14.4 Å². The molecule has 0 radical (unpaired) electrons. The molecule has 0 unspecified atom stereocenters. The second-order valence-electron chi connectivity index (χ2n) is 6.08. The Balaban J connectivity index is 2.08. The normalized spacial score (nSPS) is 20.3. The Morgan fingerprint density at radius 2 is 1.96 bits per heavy atom. The molecule has 1 N–H and O–H groups in total. The van der Waals surface area contributed by atoms with E-state index < -0.39 is 11.4 Å². The number of hydrogen-bond acceptors (Lipinski definition) is 4. The zero-order valence-electron chi connectivity index (χ0n) is 13.3. The molecule has 0 atom stereocenters. The molecule has 1 aliphatic heterocycles.